The maximum Gasteiger partial charge on any atom is 0.265 e. The van der Waals surface area contributed by atoms with Crippen LogP contribution in [-0.2, 0) is 15.4 Å². The molecule has 2 aromatic carbocycles. The number of hydrogen-bond acceptors (Lipinski definition) is 6. The van der Waals surface area contributed by atoms with Crippen LogP contribution in [-0.4, -0.2) is 31.7 Å². The first-order chi connectivity index (χ1) is 15.5. The number of pyridine rings is 1. The van der Waals surface area contributed by atoms with Crippen LogP contribution in [0.2, 0.25) is 0 Å². The van der Waals surface area contributed by atoms with Crippen molar-refractivity contribution in [2.24, 2.45) is 0 Å². The van der Waals surface area contributed by atoms with Gasteiger partial charge in [0.15, 0.2) is 0 Å². The fraction of sp³-hybridized carbons (Fsp3) is 0.320. The summed E-state index contributed by atoms with van der Waals surface area (Å²) in [4.78, 5) is 3.83. The van der Waals surface area contributed by atoms with Crippen molar-refractivity contribution >= 4 is 21.4 Å². The Balaban J connectivity index is 1.76. The number of sulfonamides is 1. The monoisotopic (exact) mass is 469 g/mol. The van der Waals surface area contributed by atoms with E-state index in [0.717, 1.165) is 16.8 Å². The standard InChI is InChI=1S/C25H31N3O4S/c1-17-12-20(16-21(13-17)32-11-10-27-19-6-8-26-9-7-19)28-33(30,31)23-15-18(2)14-22(24(23)29)25(3,4)5/h6-9,12-16,28-29H,10-11H2,1-5H3,(H,26,27). The van der Waals surface area contributed by atoms with Crippen LogP contribution in [0.25, 0.3) is 0 Å². The highest BCUT2D eigenvalue weighted by Crippen LogP contribution is 2.37. The summed E-state index contributed by atoms with van der Waals surface area (Å²) in [6.45, 7) is 10.4. The van der Waals surface area contributed by atoms with Gasteiger partial charge in [-0.25, -0.2) is 8.42 Å². The van der Waals surface area contributed by atoms with Crippen molar-refractivity contribution in [1.29, 1.82) is 0 Å². The van der Waals surface area contributed by atoms with Gasteiger partial charge in [-0.05, 0) is 60.7 Å². The molecule has 7 nitrogen and oxygen atoms in total. The predicted molar refractivity (Wildman–Crippen MR) is 132 cm³/mol. The van der Waals surface area contributed by atoms with Gasteiger partial charge in [0.2, 0.25) is 0 Å². The predicted octanol–water partition coefficient (Wildman–Crippen LogP) is 4.99. The van der Waals surface area contributed by atoms with Crippen LogP contribution in [0.3, 0.4) is 0 Å². The minimum absolute atomic E-state index is 0.141. The number of ether oxygens (including phenoxy) is 1. The third-order valence-corrected chi connectivity index (χ3v) is 6.39. The van der Waals surface area contributed by atoms with E-state index in [4.69, 9.17) is 4.74 Å². The largest absolute Gasteiger partial charge is 0.506 e. The fourth-order valence-electron chi connectivity index (χ4n) is 3.46. The van der Waals surface area contributed by atoms with Crippen LogP contribution < -0.4 is 14.8 Å². The average Bonchev–Trinajstić information content (AvgIpc) is 2.72. The summed E-state index contributed by atoms with van der Waals surface area (Å²) in [6.07, 6.45) is 3.41. The fourth-order valence-corrected chi connectivity index (χ4v) is 4.70. The van der Waals surface area contributed by atoms with Gasteiger partial charge in [0, 0.05) is 36.3 Å². The van der Waals surface area contributed by atoms with E-state index in [0.29, 0.717) is 30.2 Å². The number of aromatic nitrogens is 1. The van der Waals surface area contributed by atoms with E-state index in [1.165, 1.54) is 6.07 Å². The van der Waals surface area contributed by atoms with Crippen LogP contribution in [0, 0.1) is 13.8 Å². The maximum atomic E-state index is 13.2. The van der Waals surface area contributed by atoms with Crippen molar-refractivity contribution in [3.8, 4) is 11.5 Å². The van der Waals surface area contributed by atoms with E-state index >= 15 is 0 Å². The summed E-state index contributed by atoms with van der Waals surface area (Å²) in [5, 5.41) is 14.0. The van der Waals surface area contributed by atoms with Gasteiger partial charge in [-0.15, -0.1) is 0 Å². The third-order valence-electron chi connectivity index (χ3n) is 5.00. The Morgan fingerprint density at radius 3 is 2.30 bits per heavy atom. The van der Waals surface area contributed by atoms with Gasteiger partial charge in [0.05, 0.1) is 5.69 Å². The Labute approximate surface area is 195 Å². The van der Waals surface area contributed by atoms with E-state index in [2.05, 4.69) is 15.0 Å². The summed E-state index contributed by atoms with van der Waals surface area (Å²) < 4.78 is 34.7. The Kier molecular flexibility index (Phi) is 7.17. The average molecular weight is 470 g/mol. The van der Waals surface area contributed by atoms with Gasteiger partial charge < -0.3 is 15.2 Å². The van der Waals surface area contributed by atoms with E-state index in [1.807, 2.05) is 58.9 Å². The summed E-state index contributed by atoms with van der Waals surface area (Å²) in [7, 11) is -4.02. The van der Waals surface area contributed by atoms with Crippen molar-refractivity contribution in [3.63, 3.8) is 0 Å². The number of anilines is 2. The molecular weight excluding hydrogens is 438 g/mol. The molecule has 0 amide bonds. The lowest BCUT2D eigenvalue weighted by Gasteiger charge is -2.23. The maximum absolute atomic E-state index is 13.2. The van der Waals surface area contributed by atoms with E-state index in [1.54, 1.807) is 24.5 Å². The van der Waals surface area contributed by atoms with Crippen molar-refractivity contribution in [3.05, 3.63) is 71.5 Å². The number of benzene rings is 2. The number of phenolic OH excluding ortho intramolecular Hbond substituents is 1. The van der Waals surface area contributed by atoms with Gasteiger partial charge in [0.25, 0.3) is 10.0 Å². The zero-order valence-electron chi connectivity index (χ0n) is 19.6. The first-order valence-electron chi connectivity index (χ1n) is 10.7. The number of aryl methyl sites for hydroxylation is 2. The summed E-state index contributed by atoms with van der Waals surface area (Å²) in [5.41, 5.74) is 3.08. The molecule has 0 aliphatic rings. The first-order valence-corrected chi connectivity index (χ1v) is 12.2. The van der Waals surface area contributed by atoms with Gasteiger partial charge >= 0.3 is 0 Å². The number of nitrogens with zero attached hydrogens (tertiary/aromatic N) is 1. The van der Waals surface area contributed by atoms with Gasteiger partial charge in [-0.2, -0.15) is 0 Å². The lowest BCUT2D eigenvalue weighted by atomic mass is 9.85. The second-order valence-corrected chi connectivity index (χ2v) is 10.7. The van der Waals surface area contributed by atoms with Crippen LogP contribution in [0.15, 0.2) is 59.8 Å². The molecule has 3 aromatic rings. The van der Waals surface area contributed by atoms with Crippen LogP contribution in [0.5, 0.6) is 11.5 Å². The molecule has 0 saturated carbocycles. The highest BCUT2D eigenvalue weighted by atomic mass is 32.2. The number of aromatic hydroxyl groups is 1. The van der Waals surface area contributed by atoms with Crippen molar-refractivity contribution < 1.29 is 18.3 Å². The first kappa shape index (κ1) is 24.4. The Hall–Kier alpha value is -3.26. The molecule has 0 saturated heterocycles. The molecule has 33 heavy (non-hydrogen) atoms. The minimum Gasteiger partial charge on any atom is -0.506 e. The van der Waals surface area contributed by atoms with Crippen molar-refractivity contribution in [2.45, 2.75) is 44.9 Å². The molecule has 1 aromatic heterocycles. The number of hydrogen-bond donors (Lipinski definition) is 3. The van der Waals surface area contributed by atoms with Gasteiger partial charge in [-0.1, -0.05) is 26.8 Å². The molecule has 0 unspecified atom stereocenters. The highest BCUT2D eigenvalue weighted by molar-refractivity contribution is 7.92. The number of rotatable bonds is 8. The molecule has 176 valence electrons. The molecule has 0 spiro atoms. The Morgan fingerprint density at radius 2 is 1.64 bits per heavy atom. The van der Waals surface area contributed by atoms with Crippen LogP contribution >= 0.6 is 0 Å². The van der Waals surface area contributed by atoms with E-state index in [9.17, 15) is 13.5 Å². The summed E-state index contributed by atoms with van der Waals surface area (Å²) >= 11 is 0. The summed E-state index contributed by atoms with van der Waals surface area (Å²) in [5.74, 6) is 0.319. The zero-order valence-corrected chi connectivity index (χ0v) is 20.5. The molecule has 3 rings (SSSR count). The number of phenols is 1. The molecule has 0 radical (unpaired) electrons. The van der Waals surface area contributed by atoms with Crippen molar-refractivity contribution in [1.82, 2.24) is 4.98 Å². The molecule has 8 heteroatoms. The van der Waals surface area contributed by atoms with Crippen molar-refractivity contribution in [2.75, 3.05) is 23.2 Å². The van der Waals surface area contributed by atoms with E-state index < -0.39 is 15.4 Å². The molecule has 0 aliphatic heterocycles. The molecule has 0 fully saturated rings. The normalized spacial score (nSPS) is 11.8. The Bertz CT molecular complexity index is 1220. The second kappa shape index (κ2) is 9.70. The second-order valence-electron chi connectivity index (χ2n) is 9.06. The molecule has 0 atom stereocenters. The Morgan fingerprint density at radius 1 is 0.970 bits per heavy atom. The van der Waals surface area contributed by atoms with Gasteiger partial charge in [-0.3, -0.25) is 9.71 Å². The molecule has 0 aliphatic carbocycles. The van der Waals surface area contributed by atoms with Crippen LogP contribution in [0.1, 0.15) is 37.5 Å². The topological polar surface area (TPSA) is 101 Å². The smallest absolute Gasteiger partial charge is 0.265 e. The molecule has 3 N–H and O–H groups in total. The molecule has 1 heterocycles. The number of nitrogens with one attached hydrogen (secondary N) is 2. The SMILES string of the molecule is Cc1cc(NS(=O)(=O)c2cc(C)cc(C(C)(C)C)c2O)cc(OCCNc2ccncc2)c1. The lowest BCUT2D eigenvalue weighted by Crippen LogP contribution is -2.17. The minimum atomic E-state index is -4.02. The quantitative estimate of drug-likeness (QED) is 0.402. The van der Waals surface area contributed by atoms with E-state index in [-0.39, 0.29) is 10.6 Å². The molecular formula is C25H31N3O4S. The third kappa shape index (κ3) is 6.38. The van der Waals surface area contributed by atoms with Gasteiger partial charge in [0.1, 0.15) is 23.0 Å². The zero-order chi connectivity index (χ0) is 24.2. The van der Waals surface area contributed by atoms with Crippen LogP contribution in [0.4, 0.5) is 11.4 Å². The summed E-state index contributed by atoms with van der Waals surface area (Å²) in [6, 6.07) is 12.2. The lowest BCUT2D eigenvalue weighted by molar-refractivity contribution is 0.333. The molecule has 0 bridgehead atoms. The highest BCUT2D eigenvalue weighted by Gasteiger charge is 2.27.